The molecule has 2 rings (SSSR count). The molecule has 3 heteroatoms. The van der Waals surface area contributed by atoms with E-state index in [9.17, 15) is 0 Å². The van der Waals surface area contributed by atoms with Gasteiger partial charge in [-0.3, -0.25) is 0 Å². The summed E-state index contributed by atoms with van der Waals surface area (Å²) in [5.41, 5.74) is 8.01. The lowest BCUT2D eigenvalue weighted by atomic mass is 10.1. The third kappa shape index (κ3) is 3.40. The minimum atomic E-state index is -1.73. The van der Waals surface area contributed by atoms with E-state index in [4.69, 9.17) is 10.2 Å². The van der Waals surface area contributed by atoms with Gasteiger partial charge in [0.2, 0.25) is 0 Å². The molecule has 0 saturated heterocycles. The van der Waals surface area contributed by atoms with Crippen LogP contribution in [-0.2, 0) is 4.43 Å². The van der Waals surface area contributed by atoms with Crippen molar-refractivity contribution < 1.29 is 4.43 Å². The predicted molar refractivity (Wildman–Crippen MR) is 84.6 cm³/mol. The molecule has 1 aliphatic rings. The fourth-order valence-corrected chi connectivity index (χ4v) is 3.38. The Balaban J connectivity index is 2.23. The number of hydrogen-bond donors (Lipinski definition) is 1. The van der Waals surface area contributed by atoms with E-state index in [0.717, 1.165) is 5.69 Å². The van der Waals surface area contributed by atoms with E-state index >= 15 is 0 Å². The van der Waals surface area contributed by atoms with E-state index in [1.54, 1.807) is 0 Å². The van der Waals surface area contributed by atoms with Gasteiger partial charge in [0.15, 0.2) is 8.32 Å². The second kappa shape index (κ2) is 4.95. The van der Waals surface area contributed by atoms with Gasteiger partial charge in [0.25, 0.3) is 0 Å². The molecule has 0 heterocycles. The van der Waals surface area contributed by atoms with E-state index in [2.05, 4.69) is 46.0 Å². The average Bonchev–Trinajstić information content (AvgIpc) is 3.08. The highest BCUT2D eigenvalue weighted by Gasteiger charge is 2.43. The van der Waals surface area contributed by atoms with Crippen molar-refractivity contribution in [3.05, 3.63) is 29.8 Å². The van der Waals surface area contributed by atoms with E-state index < -0.39 is 8.32 Å². The fraction of sp³-hybridized carbons (Fsp3) is 0.625. The second-order valence-electron chi connectivity index (χ2n) is 7.31. The van der Waals surface area contributed by atoms with Crippen LogP contribution in [0.2, 0.25) is 18.1 Å². The minimum absolute atomic E-state index is 0.240. The number of nitrogens with two attached hydrogens (primary N) is 1. The van der Waals surface area contributed by atoms with Gasteiger partial charge in [-0.05, 0) is 54.6 Å². The molecule has 0 bridgehead atoms. The summed E-state index contributed by atoms with van der Waals surface area (Å²) in [7, 11) is -1.73. The SMILES string of the molecule is CC(C)(C)[Si](C)(C)OC(c1cccc(N)c1)C1CC1. The molecular formula is C16H27NOSi. The Morgan fingerprint density at radius 2 is 1.89 bits per heavy atom. The first kappa shape index (κ1) is 14.6. The van der Waals surface area contributed by atoms with Crippen LogP contribution in [-0.4, -0.2) is 8.32 Å². The maximum atomic E-state index is 6.65. The second-order valence-corrected chi connectivity index (χ2v) is 12.1. The summed E-state index contributed by atoms with van der Waals surface area (Å²) < 4.78 is 6.65. The molecule has 106 valence electrons. The van der Waals surface area contributed by atoms with Gasteiger partial charge >= 0.3 is 0 Å². The standard InChI is InChI=1S/C16H27NOSi/c1-16(2,3)19(4,5)18-15(12-9-10-12)13-7-6-8-14(17)11-13/h6-8,11-12,15H,9-10,17H2,1-5H3. The lowest BCUT2D eigenvalue weighted by molar-refractivity contribution is 0.161. The van der Waals surface area contributed by atoms with Crippen molar-refractivity contribution in [2.45, 2.75) is 57.8 Å². The molecule has 1 atom stereocenters. The van der Waals surface area contributed by atoms with Crippen molar-refractivity contribution in [1.82, 2.24) is 0 Å². The van der Waals surface area contributed by atoms with E-state index in [1.165, 1.54) is 18.4 Å². The number of anilines is 1. The largest absolute Gasteiger partial charge is 0.410 e. The fourth-order valence-electron chi connectivity index (χ4n) is 2.07. The van der Waals surface area contributed by atoms with Gasteiger partial charge < -0.3 is 10.2 Å². The zero-order chi connectivity index (χ0) is 14.3. The Bertz CT molecular complexity index is 446. The van der Waals surface area contributed by atoms with E-state index in [1.807, 2.05) is 12.1 Å². The van der Waals surface area contributed by atoms with Gasteiger partial charge in [0.1, 0.15) is 0 Å². The Kier molecular flexibility index (Phi) is 3.80. The molecule has 19 heavy (non-hydrogen) atoms. The molecule has 1 saturated carbocycles. The summed E-state index contributed by atoms with van der Waals surface area (Å²) in [6, 6.07) is 8.22. The van der Waals surface area contributed by atoms with Gasteiger partial charge in [0, 0.05) is 5.69 Å². The third-order valence-corrected chi connectivity index (χ3v) is 8.97. The first-order valence-electron chi connectivity index (χ1n) is 7.24. The van der Waals surface area contributed by atoms with Crippen LogP contribution in [0.5, 0.6) is 0 Å². The molecule has 1 unspecified atom stereocenters. The van der Waals surface area contributed by atoms with Crippen molar-refractivity contribution in [2.75, 3.05) is 5.73 Å². The first-order valence-corrected chi connectivity index (χ1v) is 10.1. The quantitative estimate of drug-likeness (QED) is 0.637. The molecule has 1 aromatic rings. The van der Waals surface area contributed by atoms with E-state index in [-0.39, 0.29) is 11.1 Å². The molecule has 2 nitrogen and oxygen atoms in total. The van der Waals surface area contributed by atoms with Crippen LogP contribution in [0, 0.1) is 5.92 Å². The van der Waals surface area contributed by atoms with Crippen LogP contribution in [0.15, 0.2) is 24.3 Å². The normalized spacial score (nSPS) is 18.4. The number of hydrogen-bond acceptors (Lipinski definition) is 2. The zero-order valence-corrected chi connectivity index (χ0v) is 13.9. The Morgan fingerprint density at radius 1 is 1.26 bits per heavy atom. The molecule has 0 spiro atoms. The highest BCUT2D eigenvalue weighted by molar-refractivity contribution is 6.74. The summed E-state index contributed by atoms with van der Waals surface area (Å²) in [5.74, 6) is 0.691. The molecule has 0 aliphatic heterocycles. The van der Waals surface area contributed by atoms with Crippen LogP contribution in [0.25, 0.3) is 0 Å². The van der Waals surface area contributed by atoms with Crippen molar-refractivity contribution in [3.63, 3.8) is 0 Å². The topological polar surface area (TPSA) is 35.2 Å². The van der Waals surface area contributed by atoms with Crippen molar-refractivity contribution in [2.24, 2.45) is 5.92 Å². The molecule has 2 N–H and O–H groups in total. The van der Waals surface area contributed by atoms with Crippen molar-refractivity contribution in [1.29, 1.82) is 0 Å². The molecule has 0 radical (unpaired) electrons. The summed E-state index contributed by atoms with van der Waals surface area (Å²) in [4.78, 5) is 0. The Morgan fingerprint density at radius 3 is 2.37 bits per heavy atom. The molecule has 1 fully saturated rings. The van der Waals surface area contributed by atoms with E-state index in [0.29, 0.717) is 5.92 Å². The monoisotopic (exact) mass is 277 g/mol. The van der Waals surface area contributed by atoms with Crippen LogP contribution in [0.3, 0.4) is 0 Å². The summed E-state index contributed by atoms with van der Waals surface area (Å²) in [5, 5.41) is 0.250. The van der Waals surface area contributed by atoms with Gasteiger partial charge in [-0.15, -0.1) is 0 Å². The molecular weight excluding hydrogens is 250 g/mol. The highest BCUT2D eigenvalue weighted by Crippen LogP contribution is 2.48. The molecule has 0 aromatic heterocycles. The molecule has 1 aromatic carbocycles. The van der Waals surface area contributed by atoms with Crippen LogP contribution in [0.4, 0.5) is 5.69 Å². The third-order valence-electron chi connectivity index (χ3n) is 4.52. The zero-order valence-electron chi connectivity index (χ0n) is 12.9. The molecule has 1 aliphatic carbocycles. The van der Waals surface area contributed by atoms with Crippen LogP contribution < -0.4 is 5.73 Å². The maximum absolute atomic E-state index is 6.65. The predicted octanol–water partition coefficient (Wildman–Crippen LogP) is 4.74. The van der Waals surface area contributed by atoms with Gasteiger partial charge in [0.05, 0.1) is 6.10 Å². The van der Waals surface area contributed by atoms with Crippen molar-refractivity contribution in [3.8, 4) is 0 Å². The number of benzene rings is 1. The average molecular weight is 277 g/mol. The van der Waals surface area contributed by atoms with Gasteiger partial charge in [-0.1, -0.05) is 32.9 Å². The lowest BCUT2D eigenvalue weighted by Crippen LogP contribution is -2.42. The highest BCUT2D eigenvalue weighted by atomic mass is 28.4. The van der Waals surface area contributed by atoms with Gasteiger partial charge in [-0.25, -0.2) is 0 Å². The summed E-state index contributed by atoms with van der Waals surface area (Å²) in [6.45, 7) is 11.5. The Labute approximate surface area is 118 Å². The minimum Gasteiger partial charge on any atom is -0.410 e. The summed E-state index contributed by atoms with van der Waals surface area (Å²) >= 11 is 0. The molecule has 0 amide bonds. The van der Waals surface area contributed by atoms with Gasteiger partial charge in [-0.2, -0.15) is 0 Å². The maximum Gasteiger partial charge on any atom is 0.192 e. The Hall–Kier alpha value is -0.803. The van der Waals surface area contributed by atoms with Crippen LogP contribution in [0.1, 0.15) is 45.3 Å². The number of nitrogen functional groups attached to an aromatic ring is 1. The van der Waals surface area contributed by atoms with Crippen LogP contribution >= 0.6 is 0 Å². The van der Waals surface area contributed by atoms with Crippen molar-refractivity contribution >= 4 is 14.0 Å². The smallest absolute Gasteiger partial charge is 0.192 e. The summed E-state index contributed by atoms with van der Waals surface area (Å²) in [6.07, 6.45) is 2.81. The number of rotatable bonds is 4. The lowest BCUT2D eigenvalue weighted by Gasteiger charge is -2.39. The first-order chi connectivity index (χ1) is 8.71.